The molecule has 2 atom stereocenters. The minimum absolute atomic E-state index is 0.317. The molecular weight excluding hydrogens is 280 g/mol. The highest BCUT2D eigenvalue weighted by Crippen LogP contribution is 2.31. The monoisotopic (exact) mass is 296 g/mol. The van der Waals surface area contributed by atoms with E-state index in [1.165, 1.54) is 12.8 Å². The maximum absolute atomic E-state index is 10.6. The topological polar surface area (TPSA) is 26.3 Å². The van der Waals surface area contributed by atoms with Crippen LogP contribution in [0.15, 0.2) is 22.7 Å². The Kier molecular flexibility index (Phi) is 4.21. The highest BCUT2D eigenvalue weighted by atomic mass is 79.9. The number of hydrogen-bond acceptors (Lipinski definition) is 2. The summed E-state index contributed by atoms with van der Waals surface area (Å²) >= 11 is 3.45. The number of carbonyl (C=O) groups is 1. The van der Waals surface area contributed by atoms with Gasteiger partial charge >= 0.3 is 0 Å². The van der Waals surface area contributed by atoms with Crippen molar-refractivity contribution in [2.75, 3.05) is 0 Å². The third-order valence-electron chi connectivity index (χ3n) is 3.27. The van der Waals surface area contributed by atoms with Gasteiger partial charge in [-0.15, -0.1) is 0 Å². The zero-order chi connectivity index (χ0) is 12.3. The van der Waals surface area contributed by atoms with Crippen LogP contribution in [-0.4, -0.2) is 12.4 Å². The summed E-state index contributed by atoms with van der Waals surface area (Å²) in [5.41, 5.74) is 0.668. The maximum atomic E-state index is 10.6. The number of benzene rings is 1. The molecule has 0 amide bonds. The normalized spacial score (nSPS) is 24.4. The molecule has 2 rings (SSSR count). The van der Waals surface area contributed by atoms with Gasteiger partial charge in [-0.2, -0.15) is 0 Å². The fraction of sp³-hybridized carbons (Fsp3) is 0.500. The molecule has 0 N–H and O–H groups in total. The largest absolute Gasteiger partial charge is 0.489 e. The minimum atomic E-state index is 0.317. The van der Waals surface area contributed by atoms with Gasteiger partial charge in [-0.05, 0) is 59.3 Å². The Morgan fingerprint density at radius 1 is 1.41 bits per heavy atom. The first-order chi connectivity index (χ1) is 8.19. The average molecular weight is 297 g/mol. The zero-order valence-corrected chi connectivity index (χ0v) is 11.6. The van der Waals surface area contributed by atoms with Crippen molar-refractivity contribution in [3.05, 3.63) is 28.2 Å². The lowest BCUT2D eigenvalue weighted by atomic mass is 9.89. The molecule has 1 fully saturated rings. The summed E-state index contributed by atoms with van der Waals surface area (Å²) in [6.07, 6.45) is 5.98. The SMILES string of the molecule is CC1CCCC(Oc2ccc(C=O)cc2Br)C1. The molecule has 0 aromatic heterocycles. The Balaban J connectivity index is 2.05. The zero-order valence-electron chi connectivity index (χ0n) is 9.99. The molecule has 0 saturated heterocycles. The van der Waals surface area contributed by atoms with E-state index in [1.54, 1.807) is 12.1 Å². The summed E-state index contributed by atoms with van der Waals surface area (Å²) in [6, 6.07) is 5.46. The van der Waals surface area contributed by atoms with Crippen LogP contribution >= 0.6 is 15.9 Å². The van der Waals surface area contributed by atoms with E-state index in [2.05, 4.69) is 22.9 Å². The molecule has 1 aromatic rings. The maximum Gasteiger partial charge on any atom is 0.150 e. The van der Waals surface area contributed by atoms with Gasteiger partial charge in [-0.1, -0.05) is 13.3 Å². The van der Waals surface area contributed by atoms with Crippen molar-refractivity contribution in [1.29, 1.82) is 0 Å². The van der Waals surface area contributed by atoms with Gasteiger partial charge in [0.2, 0.25) is 0 Å². The summed E-state index contributed by atoms with van der Waals surface area (Å²) in [6.45, 7) is 2.28. The molecule has 1 aromatic carbocycles. The standard InChI is InChI=1S/C14H17BrO2/c1-10-3-2-4-12(7-10)17-14-6-5-11(9-16)8-13(14)15/h5-6,8-10,12H,2-4,7H2,1H3. The molecule has 1 saturated carbocycles. The Bertz CT molecular complexity index is 403. The molecule has 0 radical (unpaired) electrons. The van der Waals surface area contributed by atoms with E-state index in [-0.39, 0.29) is 0 Å². The highest BCUT2D eigenvalue weighted by molar-refractivity contribution is 9.10. The number of hydrogen-bond donors (Lipinski definition) is 0. The van der Waals surface area contributed by atoms with Crippen LogP contribution in [0.4, 0.5) is 0 Å². The molecule has 0 spiro atoms. The van der Waals surface area contributed by atoms with Crippen LogP contribution in [0.3, 0.4) is 0 Å². The van der Waals surface area contributed by atoms with Crippen molar-refractivity contribution in [2.24, 2.45) is 5.92 Å². The first-order valence-electron chi connectivity index (χ1n) is 6.10. The molecular formula is C14H17BrO2. The van der Waals surface area contributed by atoms with Gasteiger partial charge < -0.3 is 4.74 Å². The number of rotatable bonds is 3. The second-order valence-electron chi connectivity index (χ2n) is 4.82. The van der Waals surface area contributed by atoms with E-state index in [0.29, 0.717) is 11.7 Å². The van der Waals surface area contributed by atoms with Crippen LogP contribution in [-0.2, 0) is 0 Å². The molecule has 0 bridgehead atoms. The van der Waals surface area contributed by atoms with Crippen LogP contribution in [0.1, 0.15) is 43.0 Å². The van der Waals surface area contributed by atoms with Crippen LogP contribution < -0.4 is 4.74 Å². The number of carbonyl (C=O) groups excluding carboxylic acids is 1. The molecule has 0 heterocycles. The lowest BCUT2D eigenvalue weighted by Gasteiger charge is -2.27. The van der Waals surface area contributed by atoms with Crippen LogP contribution in [0, 0.1) is 5.92 Å². The van der Waals surface area contributed by atoms with Crippen LogP contribution in [0.5, 0.6) is 5.75 Å². The molecule has 17 heavy (non-hydrogen) atoms. The molecule has 1 aliphatic rings. The third-order valence-corrected chi connectivity index (χ3v) is 3.89. The lowest BCUT2D eigenvalue weighted by Crippen LogP contribution is -2.24. The Morgan fingerprint density at radius 2 is 2.24 bits per heavy atom. The van der Waals surface area contributed by atoms with E-state index in [0.717, 1.165) is 35.3 Å². The molecule has 2 nitrogen and oxygen atoms in total. The van der Waals surface area contributed by atoms with Crippen molar-refractivity contribution >= 4 is 22.2 Å². The van der Waals surface area contributed by atoms with Crippen LogP contribution in [0.25, 0.3) is 0 Å². The van der Waals surface area contributed by atoms with Crippen LogP contribution in [0.2, 0.25) is 0 Å². The van der Waals surface area contributed by atoms with Gasteiger partial charge in [0, 0.05) is 5.56 Å². The third kappa shape index (κ3) is 3.32. The highest BCUT2D eigenvalue weighted by Gasteiger charge is 2.20. The number of halogens is 1. The second kappa shape index (κ2) is 5.67. The quantitative estimate of drug-likeness (QED) is 0.781. The van der Waals surface area contributed by atoms with E-state index < -0.39 is 0 Å². The molecule has 1 aliphatic carbocycles. The van der Waals surface area contributed by atoms with Crippen molar-refractivity contribution in [2.45, 2.75) is 38.7 Å². The first kappa shape index (κ1) is 12.6. The Labute approximate surface area is 110 Å². The fourth-order valence-corrected chi connectivity index (χ4v) is 2.84. The van der Waals surface area contributed by atoms with Crippen molar-refractivity contribution in [3.63, 3.8) is 0 Å². The van der Waals surface area contributed by atoms with Gasteiger partial charge in [0.1, 0.15) is 12.0 Å². The van der Waals surface area contributed by atoms with Gasteiger partial charge in [0.15, 0.2) is 0 Å². The van der Waals surface area contributed by atoms with Crippen molar-refractivity contribution in [3.8, 4) is 5.75 Å². The summed E-state index contributed by atoms with van der Waals surface area (Å²) in [5, 5.41) is 0. The van der Waals surface area contributed by atoms with Gasteiger partial charge in [-0.3, -0.25) is 4.79 Å². The fourth-order valence-electron chi connectivity index (χ4n) is 2.35. The van der Waals surface area contributed by atoms with Gasteiger partial charge in [0.05, 0.1) is 10.6 Å². The number of aldehydes is 1. The van der Waals surface area contributed by atoms with Crippen molar-refractivity contribution < 1.29 is 9.53 Å². The average Bonchev–Trinajstić information content (AvgIpc) is 2.32. The smallest absolute Gasteiger partial charge is 0.150 e. The Hall–Kier alpha value is -0.830. The van der Waals surface area contributed by atoms with E-state index in [1.807, 2.05) is 6.07 Å². The molecule has 0 aliphatic heterocycles. The molecule has 92 valence electrons. The van der Waals surface area contributed by atoms with Crippen molar-refractivity contribution in [1.82, 2.24) is 0 Å². The minimum Gasteiger partial charge on any atom is -0.489 e. The van der Waals surface area contributed by atoms with E-state index in [9.17, 15) is 4.79 Å². The summed E-state index contributed by atoms with van der Waals surface area (Å²) < 4.78 is 6.85. The first-order valence-corrected chi connectivity index (χ1v) is 6.89. The molecule has 3 heteroatoms. The second-order valence-corrected chi connectivity index (χ2v) is 5.67. The van der Waals surface area contributed by atoms with E-state index >= 15 is 0 Å². The summed E-state index contributed by atoms with van der Waals surface area (Å²) in [4.78, 5) is 10.6. The van der Waals surface area contributed by atoms with E-state index in [4.69, 9.17) is 4.74 Å². The summed E-state index contributed by atoms with van der Waals surface area (Å²) in [7, 11) is 0. The molecule has 2 unspecified atom stereocenters. The predicted molar refractivity (Wildman–Crippen MR) is 71.6 cm³/mol. The predicted octanol–water partition coefficient (Wildman–Crippen LogP) is 4.22. The number of ether oxygens (including phenoxy) is 1. The Morgan fingerprint density at radius 3 is 2.88 bits per heavy atom. The van der Waals surface area contributed by atoms with Gasteiger partial charge in [-0.25, -0.2) is 0 Å². The lowest BCUT2D eigenvalue weighted by molar-refractivity contribution is 0.112. The summed E-state index contributed by atoms with van der Waals surface area (Å²) in [5.74, 6) is 1.59. The van der Waals surface area contributed by atoms with Gasteiger partial charge in [0.25, 0.3) is 0 Å².